The van der Waals surface area contributed by atoms with Crippen LogP contribution in [0.1, 0.15) is 36.0 Å². The van der Waals surface area contributed by atoms with Gasteiger partial charge in [0.05, 0.1) is 0 Å². The van der Waals surface area contributed by atoms with Gasteiger partial charge in [-0.2, -0.15) is 0 Å². The van der Waals surface area contributed by atoms with Gasteiger partial charge in [-0.05, 0) is 42.0 Å². The predicted octanol–water partition coefficient (Wildman–Crippen LogP) is 3.17. The van der Waals surface area contributed by atoms with E-state index in [-0.39, 0.29) is 5.82 Å². The van der Waals surface area contributed by atoms with E-state index in [1.54, 1.807) is 0 Å². The zero-order chi connectivity index (χ0) is 15.6. The van der Waals surface area contributed by atoms with E-state index in [0.717, 1.165) is 0 Å². The summed E-state index contributed by atoms with van der Waals surface area (Å²) in [7, 11) is 0. The summed E-state index contributed by atoms with van der Waals surface area (Å²) in [4.78, 5) is 0. The van der Waals surface area contributed by atoms with Crippen molar-refractivity contribution < 1.29 is 14.6 Å². The van der Waals surface area contributed by atoms with Crippen LogP contribution in [0.15, 0.2) is 54.6 Å². The van der Waals surface area contributed by atoms with Crippen molar-refractivity contribution in [1.29, 1.82) is 0 Å². The third-order valence-corrected chi connectivity index (χ3v) is 4.07. The summed E-state index contributed by atoms with van der Waals surface area (Å²) >= 11 is 0. The minimum absolute atomic E-state index is 0.309. The van der Waals surface area contributed by atoms with Crippen LogP contribution in [0.2, 0.25) is 0 Å². The zero-order valence-electron chi connectivity index (χ0n) is 12.0. The second-order valence-electron chi connectivity index (χ2n) is 5.77. The first kappa shape index (κ1) is 14.8. The Kier molecular flexibility index (Phi) is 3.98. The number of benzene rings is 2. The Morgan fingerprint density at radius 2 is 1.68 bits per heavy atom. The lowest BCUT2D eigenvalue weighted by atomic mass is 9.68. The van der Waals surface area contributed by atoms with Gasteiger partial charge < -0.3 is 10.2 Å². The highest BCUT2D eigenvalue weighted by atomic mass is 19.1. The lowest BCUT2D eigenvalue weighted by Gasteiger charge is -2.40. The molecule has 0 amide bonds. The molecule has 2 aromatic carbocycles. The van der Waals surface area contributed by atoms with Crippen LogP contribution >= 0.6 is 0 Å². The van der Waals surface area contributed by atoms with E-state index >= 15 is 0 Å². The number of rotatable bonds is 2. The molecule has 1 atom stereocenters. The van der Waals surface area contributed by atoms with E-state index in [4.69, 9.17) is 0 Å². The molecular formula is C19H17FO2. The fourth-order valence-electron chi connectivity index (χ4n) is 2.75. The second-order valence-corrected chi connectivity index (χ2v) is 5.77. The molecule has 1 saturated carbocycles. The molecule has 2 aromatic rings. The van der Waals surface area contributed by atoms with Gasteiger partial charge in [-0.3, -0.25) is 0 Å². The summed E-state index contributed by atoms with van der Waals surface area (Å²) < 4.78 is 12.8. The van der Waals surface area contributed by atoms with Crippen LogP contribution in [0.25, 0.3) is 0 Å². The quantitative estimate of drug-likeness (QED) is 0.836. The van der Waals surface area contributed by atoms with Crippen molar-refractivity contribution in [3.05, 3.63) is 71.5 Å². The predicted molar refractivity (Wildman–Crippen MR) is 82.5 cm³/mol. The summed E-state index contributed by atoms with van der Waals surface area (Å²) in [5, 5.41) is 20.3. The van der Waals surface area contributed by atoms with Gasteiger partial charge in [-0.1, -0.05) is 54.3 Å². The lowest BCUT2D eigenvalue weighted by Crippen LogP contribution is -2.41. The summed E-state index contributed by atoms with van der Waals surface area (Å²) in [5.74, 6) is 5.39. The van der Waals surface area contributed by atoms with Gasteiger partial charge in [-0.15, -0.1) is 0 Å². The van der Waals surface area contributed by atoms with Gasteiger partial charge in [0, 0.05) is 0 Å². The van der Waals surface area contributed by atoms with Gasteiger partial charge in [0.2, 0.25) is 0 Å². The van der Waals surface area contributed by atoms with Gasteiger partial charge in [-0.25, -0.2) is 4.39 Å². The number of hydrogen-bond acceptors (Lipinski definition) is 2. The van der Waals surface area contributed by atoms with Crippen LogP contribution in [0, 0.1) is 17.7 Å². The molecule has 1 unspecified atom stereocenters. The Balaban J connectivity index is 1.64. The molecule has 1 aliphatic carbocycles. The van der Waals surface area contributed by atoms with Gasteiger partial charge >= 0.3 is 0 Å². The van der Waals surface area contributed by atoms with Crippen LogP contribution < -0.4 is 0 Å². The molecule has 1 aliphatic rings. The maximum Gasteiger partial charge on any atom is 0.140 e. The van der Waals surface area contributed by atoms with E-state index in [2.05, 4.69) is 11.8 Å². The number of aliphatic hydroxyl groups excluding tert-OH is 1. The largest absolute Gasteiger partial charge is 0.378 e. The second kappa shape index (κ2) is 5.92. The summed E-state index contributed by atoms with van der Waals surface area (Å²) in [6, 6.07) is 15.6. The molecule has 1 fully saturated rings. The Hall–Kier alpha value is -2.15. The highest BCUT2D eigenvalue weighted by Gasteiger charge is 2.42. The third-order valence-electron chi connectivity index (χ3n) is 4.07. The molecule has 2 N–H and O–H groups in total. The molecule has 0 bridgehead atoms. The van der Waals surface area contributed by atoms with Crippen molar-refractivity contribution in [2.45, 2.75) is 30.5 Å². The maximum absolute atomic E-state index is 12.8. The molecule has 0 aliphatic heterocycles. The maximum atomic E-state index is 12.8. The minimum Gasteiger partial charge on any atom is -0.378 e. The van der Waals surface area contributed by atoms with E-state index in [1.807, 2.05) is 30.3 Å². The highest BCUT2D eigenvalue weighted by Crippen LogP contribution is 2.44. The van der Waals surface area contributed by atoms with Crippen LogP contribution in [0.3, 0.4) is 0 Å². The summed E-state index contributed by atoms with van der Waals surface area (Å²) in [5.41, 5.74) is 0.686. The fourth-order valence-corrected chi connectivity index (χ4v) is 2.75. The highest BCUT2D eigenvalue weighted by molar-refractivity contribution is 5.33. The molecule has 0 saturated heterocycles. The van der Waals surface area contributed by atoms with Crippen molar-refractivity contribution in [1.82, 2.24) is 0 Å². The van der Waals surface area contributed by atoms with Crippen LogP contribution in [0.5, 0.6) is 0 Å². The van der Waals surface area contributed by atoms with Crippen molar-refractivity contribution >= 4 is 0 Å². The number of aliphatic hydroxyl groups is 2. The number of halogens is 1. The van der Waals surface area contributed by atoms with Crippen LogP contribution in [-0.2, 0) is 0 Å². The normalized spacial score (nSPS) is 24.8. The SMILES string of the molecule is OC(C#CC1(O)CC(c2ccccc2)C1)c1ccc(F)cc1. The van der Waals surface area contributed by atoms with E-state index in [0.29, 0.717) is 24.3 Å². The molecule has 2 nitrogen and oxygen atoms in total. The molecule has 3 rings (SSSR count). The standard InChI is InChI=1S/C19H17FO2/c20-17-8-6-15(7-9-17)18(21)10-11-19(22)12-16(13-19)14-4-2-1-3-5-14/h1-9,16,18,21-22H,12-13H2. The summed E-state index contributed by atoms with van der Waals surface area (Å²) in [6.45, 7) is 0. The average molecular weight is 296 g/mol. The Morgan fingerprint density at radius 1 is 1.05 bits per heavy atom. The topological polar surface area (TPSA) is 40.5 Å². The fraction of sp³-hybridized carbons (Fsp3) is 0.263. The van der Waals surface area contributed by atoms with Crippen LogP contribution in [-0.4, -0.2) is 15.8 Å². The van der Waals surface area contributed by atoms with Gasteiger partial charge in [0.1, 0.15) is 17.5 Å². The van der Waals surface area contributed by atoms with Crippen molar-refractivity contribution in [2.75, 3.05) is 0 Å². The van der Waals surface area contributed by atoms with E-state index < -0.39 is 11.7 Å². The molecular weight excluding hydrogens is 279 g/mol. The van der Waals surface area contributed by atoms with Crippen LogP contribution in [0.4, 0.5) is 4.39 Å². The third kappa shape index (κ3) is 3.19. The Bertz CT molecular complexity index is 692. The zero-order valence-corrected chi connectivity index (χ0v) is 12.0. The van der Waals surface area contributed by atoms with E-state index in [1.165, 1.54) is 29.8 Å². The minimum atomic E-state index is -1.04. The molecule has 0 radical (unpaired) electrons. The summed E-state index contributed by atoms with van der Waals surface area (Å²) in [6.07, 6.45) is 0.126. The molecule has 112 valence electrons. The van der Waals surface area contributed by atoms with Crippen molar-refractivity contribution in [2.24, 2.45) is 0 Å². The smallest absolute Gasteiger partial charge is 0.140 e. The molecule has 0 aromatic heterocycles. The van der Waals surface area contributed by atoms with Gasteiger partial charge in [0.25, 0.3) is 0 Å². The number of hydrogen-bond donors (Lipinski definition) is 2. The van der Waals surface area contributed by atoms with E-state index in [9.17, 15) is 14.6 Å². The first-order valence-electron chi connectivity index (χ1n) is 7.29. The molecule has 22 heavy (non-hydrogen) atoms. The first-order chi connectivity index (χ1) is 10.6. The Labute approximate surface area is 129 Å². The monoisotopic (exact) mass is 296 g/mol. The van der Waals surface area contributed by atoms with Gasteiger partial charge in [0.15, 0.2) is 0 Å². The molecule has 3 heteroatoms. The molecule has 0 heterocycles. The average Bonchev–Trinajstić information content (AvgIpc) is 2.51. The Morgan fingerprint density at radius 3 is 2.32 bits per heavy atom. The van der Waals surface area contributed by atoms with Crippen molar-refractivity contribution in [3.8, 4) is 11.8 Å². The van der Waals surface area contributed by atoms with Crippen molar-refractivity contribution in [3.63, 3.8) is 0 Å². The lowest BCUT2D eigenvalue weighted by molar-refractivity contribution is 0.00551. The molecule has 0 spiro atoms. The first-order valence-corrected chi connectivity index (χ1v) is 7.29.